The zero-order valence-electron chi connectivity index (χ0n) is 10.4. The second-order valence-corrected chi connectivity index (χ2v) is 5.34. The summed E-state index contributed by atoms with van der Waals surface area (Å²) in [5, 5.41) is 8.31. The van der Waals surface area contributed by atoms with Crippen molar-refractivity contribution in [3.05, 3.63) is 39.3 Å². The Morgan fingerprint density at radius 1 is 1.19 bits per heavy atom. The van der Waals surface area contributed by atoms with Crippen LogP contribution in [0.25, 0.3) is 0 Å². The summed E-state index contributed by atoms with van der Waals surface area (Å²) in [6, 6.07) is 5.16. The summed E-state index contributed by atoms with van der Waals surface area (Å²) in [5.41, 5.74) is 4.08. The largest absolute Gasteiger partial charge is 0.483 e. The topological polar surface area (TPSA) is 105 Å². The monoisotopic (exact) mass is 420 g/mol. The molecule has 112 valence electrons. The van der Waals surface area contributed by atoms with Crippen molar-refractivity contribution in [2.24, 2.45) is 0 Å². The zero-order chi connectivity index (χ0) is 15.8. The van der Waals surface area contributed by atoms with Gasteiger partial charge in [-0.3, -0.25) is 20.4 Å². The first-order valence-electron chi connectivity index (χ1n) is 5.46. The fraction of sp³-hybridized carbons (Fsp3) is 0.0833. The predicted molar refractivity (Wildman–Crippen MR) is 80.4 cm³/mol. The van der Waals surface area contributed by atoms with E-state index >= 15 is 0 Å². The molecule has 0 saturated heterocycles. The fourth-order valence-electron chi connectivity index (χ4n) is 1.09. The average Bonchev–Trinajstić information content (AvgIpc) is 2.41. The van der Waals surface area contributed by atoms with Crippen molar-refractivity contribution in [2.45, 2.75) is 0 Å². The summed E-state index contributed by atoms with van der Waals surface area (Å²) in [6.45, 7) is -0.316. The van der Waals surface area contributed by atoms with Gasteiger partial charge in [0.2, 0.25) is 0 Å². The van der Waals surface area contributed by atoms with E-state index in [0.717, 1.165) is 10.5 Å². The second kappa shape index (κ2) is 8.42. The van der Waals surface area contributed by atoms with E-state index < -0.39 is 17.8 Å². The number of halogens is 2. The molecule has 0 saturated carbocycles. The van der Waals surface area contributed by atoms with E-state index in [2.05, 4.69) is 37.3 Å². The quantitative estimate of drug-likeness (QED) is 0.492. The molecule has 9 heteroatoms. The van der Waals surface area contributed by atoms with Gasteiger partial charge in [-0.2, -0.15) is 0 Å². The van der Waals surface area contributed by atoms with Crippen molar-refractivity contribution in [1.29, 1.82) is 0 Å². The lowest BCUT2D eigenvalue weighted by Gasteiger charge is -2.09. The van der Waals surface area contributed by atoms with E-state index in [1.54, 1.807) is 18.2 Å². The van der Waals surface area contributed by atoms with Crippen LogP contribution in [0.4, 0.5) is 0 Å². The van der Waals surface area contributed by atoms with E-state index in [1.165, 1.54) is 0 Å². The standard InChI is InChI=1S/C12H10Br2N2O5/c13-7-1-2-9(8(14)5-7)21-6-11(18)16-15-10(17)3-4-12(19)20/h1-5H,6H2,(H,15,17)(H,16,18)(H,19,20)/b4-3+. The smallest absolute Gasteiger partial charge is 0.328 e. The van der Waals surface area contributed by atoms with Crippen LogP contribution in [-0.4, -0.2) is 29.5 Å². The Labute approximate surface area is 136 Å². The van der Waals surface area contributed by atoms with Gasteiger partial charge in [0.05, 0.1) is 4.47 Å². The third-order valence-electron chi connectivity index (χ3n) is 1.96. The minimum Gasteiger partial charge on any atom is -0.483 e. The molecule has 2 amide bonds. The number of carbonyl (C=O) groups is 3. The van der Waals surface area contributed by atoms with Gasteiger partial charge in [-0.1, -0.05) is 15.9 Å². The molecule has 1 rings (SSSR count). The number of carbonyl (C=O) groups excluding carboxylic acids is 2. The van der Waals surface area contributed by atoms with Crippen LogP contribution in [-0.2, 0) is 14.4 Å². The molecule has 1 aromatic carbocycles. The molecule has 0 unspecified atom stereocenters. The van der Waals surface area contributed by atoms with Crippen LogP contribution in [0.3, 0.4) is 0 Å². The molecule has 7 nitrogen and oxygen atoms in total. The van der Waals surface area contributed by atoms with Crippen molar-refractivity contribution >= 4 is 49.6 Å². The highest BCUT2D eigenvalue weighted by Crippen LogP contribution is 2.27. The first-order chi connectivity index (χ1) is 9.88. The maximum absolute atomic E-state index is 11.4. The van der Waals surface area contributed by atoms with Crippen molar-refractivity contribution in [3.63, 3.8) is 0 Å². The summed E-state index contributed by atoms with van der Waals surface area (Å²) >= 11 is 6.55. The molecule has 0 radical (unpaired) electrons. The maximum atomic E-state index is 11.4. The lowest BCUT2D eigenvalue weighted by molar-refractivity contribution is -0.131. The van der Waals surface area contributed by atoms with E-state index in [4.69, 9.17) is 9.84 Å². The van der Waals surface area contributed by atoms with Crippen molar-refractivity contribution in [3.8, 4) is 5.75 Å². The molecule has 0 aliphatic heterocycles. The Balaban J connectivity index is 2.37. The van der Waals surface area contributed by atoms with Gasteiger partial charge < -0.3 is 9.84 Å². The van der Waals surface area contributed by atoms with Crippen molar-refractivity contribution in [1.82, 2.24) is 10.9 Å². The third-order valence-corrected chi connectivity index (χ3v) is 3.07. The Morgan fingerprint density at radius 2 is 1.90 bits per heavy atom. The Kier molecular flexibility index (Phi) is 6.89. The van der Waals surface area contributed by atoms with Gasteiger partial charge in [-0.15, -0.1) is 0 Å². The van der Waals surface area contributed by atoms with Crippen molar-refractivity contribution < 1.29 is 24.2 Å². The Bertz CT molecular complexity index is 589. The highest BCUT2D eigenvalue weighted by molar-refractivity contribution is 9.11. The Morgan fingerprint density at radius 3 is 2.52 bits per heavy atom. The van der Waals surface area contributed by atoms with E-state index in [9.17, 15) is 14.4 Å². The van der Waals surface area contributed by atoms with Crippen LogP contribution < -0.4 is 15.6 Å². The molecule has 0 heterocycles. The van der Waals surface area contributed by atoms with E-state index in [0.29, 0.717) is 16.3 Å². The predicted octanol–water partition coefficient (Wildman–Crippen LogP) is 1.38. The highest BCUT2D eigenvalue weighted by atomic mass is 79.9. The third kappa shape index (κ3) is 6.91. The second-order valence-electron chi connectivity index (χ2n) is 3.57. The molecule has 1 aromatic rings. The number of hydrogen-bond acceptors (Lipinski definition) is 4. The average molecular weight is 422 g/mol. The zero-order valence-corrected chi connectivity index (χ0v) is 13.6. The lowest BCUT2D eigenvalue weighted by atomic mass is 10.3. The molecule has 3 N–H and O–H groups in total. The van der Waals surface area contributed by atoms with Gasteiger partial charge in [0.1, 0.15) is 5.75 Å². The molecule has 0 aliphatic rings. The number of benzene rings is 1. The van der Waals surface area contributed by atoms with Gasteiger partial charge in [0.25, 0.3) is 11.8 Å². The minimum absolute atomic E-state index is 0.316. The van der Waals surface area contributed by atoms with Gasteiger partial charge in [-0.05, 0) is 34.1 Å². The van der Waals surface area contributed by atoms with Crippen LogP contribution in [0, 0.1) is 0 Å². The van der Waals surface area contributed by atoms with Crippen LogP contribution in [0.15, 0.2) is 39.3 Å². The first kappa shape index (κ1) is 17.2. The van der Waals surface area contributed by atoms with Gasteiger partial charge in [0, 0.05) is 16.6 Å². The summed E-state index contributed by atoms with van der Waals surface area (Å²) < 4.78 is 6.76. The Hall–Kier alpha value is -1.87. The number of aliphatic carboxylic acids is 1. The highest BCUT2D eigenvalue weighted by Gasteiger charge is 2.06. The van der Waals surface area contributed by atoms with E-state index in [1.807, 2.05) is 5.43 Å². The molecule has 0 aliphatic carbocycles. The lowest BCUT2D eigenvalue weighted by Crippen LogP contribution is -2.43. The molecule has 0 fully saturated rings. The van der Waals surface area contributed by atoms with Gasteiger partial charge >= 0.3 is 5.97 Å². The number of ether oxygens (including phenoxy) is 1. The number of hydrogen-bond donors (Lipinski definition) is 3. The van der Waals surface area contributed by atoms with Crippen LogP contribution in [0.2, 0.25) is 0 Å². The van der Waals surface area contributed by atoms with E-state index in [-0.39, 0.29) is 6.61 Å². The van der Waals surface area contributed by atoms with Gasteiger partial charge in [-0.25, -0.2) is 4.79 Å². The fourth-order valence-corrected chi connectivity index (χ4v) is 2.25. The molecule has 0 aromatic heterocycles. The van der Waals surface area contributed by atoms with Gasteiger partial charge in [0.15, 0.2) is 6.61 Å². The number of rotatable bonds is 5. The maximum Gasteiger partial charge on any atom is 0.328 e. The number of amides is 2. The number of nitrogens with one attached hydrogen (secondary N) is 2. The summed E-state index contributed by atoms with van der Waals surface area (Å²) in [7, 11) is 0. The molecule has 0 bridgehead atoms. The first-order valence-corrected chi connectivity index (χ1v) is 7.05. The summed E-state index contributed by atoms with van der Waals surface area (Å²) in [6.07, 6.45) is 1.42. The van der Waals surface area contributed by atoms with Crippen molar-refractivity contribution in [2.75, 3.05) is 6.61 Å². The molecule has 0 atom stereocenters. The van der Waals surface area contributed by atoms with Crippen LogP contribution in [0.5, 0.6) is 5.75 Å². The molecule has 0 spiro atoms. The number of carboxylic acids is 1. The number of carboxylic acid groups (broad SMARTS) is 1. The van der Waals surface area contributed by atoms with Crippen LogP contribution in [0.1, 0.15) is 0 Å². The summed E-state index contributed by atoms with van der Waals surface area (Å²) in [4.78, 5) is 32.7. The molecule has 21 heavy (non-hydrogen) atoms. The molecular weight excluding hydrogens is 412 g/mol. The number of hydrazine groups is 1. The molecular formula is C12H10Br2N2O5. The van der Waals surface area contributed by atoms with Crippen LogP contribution >= 0.6 is 31.9 Å². The normalized spacial score (nSPS) is 10.2. The minimum atomic E-state index is -1.26. The SMILES string of the molecule is O=C(O)/C=C/C(=O)NNC(=O)COc1ccc(Br)cc1Br. The summed E-state index contributed by atoms with van der Waals surface area (Å²) in [5.74, 6) is -2.16.